The van der Waals surface area contributed by atoms with E-state index in [1.54, 1.807) is 11.8 Å². The molecule has 0 saturated carbocycles. The zero-order valence-corrected chi connectivity index (χ0v) is 16.2. The van der Waals surface area contributed by atoms with Crippen LogP contribution in [0.2, 0.25) is 0 Å². The Morgan fingerprint density at radius 3 is 2.64 bits per heavy atom. The van der Waals surface area contributed by atoms with Gasteiger partial charge in [-0.3, -0.25) is 4.79 Å². The topological polar surface area (TPSA) is 59.8 Å². The van der Waals surface area contributed by atoms with Gasteiger partial charge in [-0.05, 0) is 30.6 Å². The van der Waals surface area contributed by atoms with Crippen molar-refractivity contribution in [3.05, 3.63) is 41.7 Å². The number of hydrogen-bond donors (Lipinski definition) is 1. The third kappa shape index (κ3) is 6.53. The molecule has 0 fully saturated rings. The predicted octanol–water partition coefficient (Wildman–Crippen LogP) is 3.34. The van der Waals surface area contributed by atoms with Gasteiger partial charge in [0.1, 0.15) is 5.82 Å². The lowest BCUT2D eigenvalue weighted by Crippen LogP contribution is -2.25. The van der Waals surface area contributed by atoms with E-state index in [1.807, 2.05) is 24.5 Å². The van der Waals surface area contributed by atoms with Gasteiger partial charge >= 0.3 is 0 Å². The molecule has 2 aromatic rings. The third-order valence-corrected chi connectivity index (χ3v) is 4.57. The van der Waals surface area contributed by atoms with Crippen LogP contribution in [-0.4, -0.2) is 33.5 Å². The summed E-state index contributed by atoms with van der Waals surface area (Å²) in [7, 11) is 0. The van der Waals surface area contributed by atoms with Gasteiger partial charge in [0, 0.05) is 25.9 Å². The third-order valence-electron chi connectivity index (χ3n) is 3.91. The summed E-state index contributed by atoms with van der Waals surface area (Å²) in [4.78, 5) is 11.9. The Morgan fingerprint density at radius 2 is 1.96 bits per heavy atom. The Labute approximate surface area is 154 Å². The number of rotatable bonds is 10. The van der Waals surface area contributed by atoms with Crippen LogP contribution >= 0.6 is 11.8 Å². The normalized spacial score (nSPS) is 11.0. The molecule has 0 bridgehead atoms. The molecule has 0 atom stereocenters. The molecule has 2 rings (SSSR count). The minimum Gasteiger partial charge on any atom is -0.356 e. The van der Waals surface area contributed by atoms with Crippen molar-refractivity contribution in [2.24, 2.45) is 5.92 Å². The average molecular weight is 361 g/mol. The van der Waals surface area contributed by atoms with Gasteiger partial charge in [0.05, 0.1) is 0 Å². The Hall–Kier alpha value is -1.82. The fourth-order valence-corrected chi connectivity index (χ4v) is 3.19. The number of nitrogens with one attached hydrogen (secondary N) is 1. The van der Waals surface area contributed by atoms with E-state index in [0.717, 1.165) is 36.8 Å². The molecule has 5 nitrogen and oxygen atoms in total. The first-order chi connectivity index (χ1) is 12.1. The minimum atomic E-state index is 0.109. The Bertz CT molecular complexity index is 655. The maximum Gasteiger partial charge on any atom is 0.220 e. The van der Waals surface area contributed by atoms with Gasteiger partial charge in [-0.1, -0.05) is 55.9 Å². The second kappa shape index (κ2) is 10.2. The number of carbonyl (C=O) groups excluding carboxylic acids is 1. The lowest BCUT2D eigenvalue weighted by Gasteiger charge is -2.11. The van der Waals surface area contributed by atoms with Crippen molar-refractivity contribution >= 4 is 17.7 Å². The largest absolute Gasteiger partial charge is 0.356 e. The second-order valence-corrected chi connectivity index (χ2v) is 7.32. The summed E-state index contributed by atoms with van der Waals surface area (Å²) in [5, 5.41) is 12.5. The summed E-state index contributed by atoms with van der Waals surface area (Å²) in [6, 6.07) is 10.1. The van der Waals surface area contributed by atoms with E-state index in [9.17, 15) is 4.79 Å². The van der Waals surface area contributed by atoms with Crippen LogP contribution in [0.1, 0.15) is 38.1 Å². The fourth-order valence-electron chi connectivity index (χ4n) is 2.67. The Kier molecular flexibility index (Phi) is 7.98. The number of amides is 1. The van der Waals surface area contributed by atoms with Crippen molar-refractivity contribution < 1.29 is 4.79 Å². The molecule has 0 saturated heterocycles. The lowest BCUT2D eigenvalue weighted by molar-refractivity contribution is -0.121. The van der Waals surface area contributed by atoms with E-state index in [0.29, 0.717) is 18.9 Å². The molecular weight excluding hydrogens is 332 g/mol. The van der Waals surface area contributed by atoms with Crippen LogP contribution in [0.4, 0.5) is 0 Å². The number of carbonyl (C=O) groups is 1. The molecule has 0 radical (unpaired) electrons. The fraction of sp³-hybridized carbons (Fsp3) is 0.526. The molecule has 1 aromatic heterocycles. The van der Waals surface area contributed by atoms with Crippen LogP contribution in [0.15, 0.2) is 35.5 Å². The van der Waals surface area contributed by atoms with Crippen LogP contribution in [0.3, 0.4) is 0 Å². The first kappa shape index (κ1) is 19.5. The van der Waals surface area contributed by atoms with Gasteiger partial charge in [-0.15, -0.1) is 10.2 Å². The number of nitrogens with zero attached hydrogens (tertiary/aromatic N) is 3. The summed E-state index contributed by atoms with van der Waals surface area (Å²) >= 11 is 1.63. The maximum absolute atomic E-state index is 11.9. The molecule has 0 unspecified atom stereocenters. The number of hydrogen-bond acceptors (Lipinski definition) is 4. The van der Waals surface area contributed by atoms with E-state index in [1.165, 1.54) is 5.56 Å². The van der Waals surface area contributed by atoms with Crippen LogP contribution in [-0.2, 0) is 24.2 Å². The standard InChI is InChI=1S/C19H28N4OS/c1-15(2)14-23-17(21-22-19(23)25-3)10-7-13-20-18(24)12-11-16-8-5-4-6-9-16/h4-6,8-9,15H,7,10-14H2,1-3H3,(H,20,24). The highest BCUT2D eigenvalue weighted by Crippen LogP contribution is 2.16. The average Bonchev–Trinajstić information content (AvgIpc) is 2.99. The van der Waals surface area contributed by atoms with Gasteiger partial charge in [0.25, 0.3) is 0 Å². The zero-order chi connectivity index (χ0) is 18.1. The molecule has 25 heavy (non-hydrogen) atoms. The summed E-state index contributed by atoms with van der Waals surface area (Å²) in [5.74, 6) is 1.67. The zero-order valence-electron chi connectivity index (χ0n) is 15.4. The lowest BCUT2D eigenvalue weighted by atomic mass is 10.1. The van der Waals surface area contributed by atoms with Crippen molar-refractivity contribution in [3.63, 3.8) is 0 Å². The van der Waals surface area contributed by atoms with Gasteiger partial charge in [0.15, 0.2) is 5.16 Å². The van der Waals surface area contributed by atoms with Gasteiger partial charge in [-0.2, -0.15) is 0 Å². The van der Waals surface area contributed by atoms with Gasteiger partial charge in [-0.25, -0.2) is 0 Å². The number of aryl methyl sites for hydroxylation is 2. The molecule has 0 aliphatic heterocycles. The van der Waals surface area contributed by atoms with Crippen molar-refractivity contribution in [1.82, 2.24) is 20.1 Å². The molecule has 136 valence electrons. The smallest absolute Gasteiger partial charge is 0.220 e. The highest BCUT2D eigenvalue weighted by atomic mass is 32.2. The predicted molar refractivity (Wildman–Crippen MR) is 103 cm³/mol. The van der Waals surface area contributed by atoms with Crippen LogP contribution in [0.5, 0.6) is 0 Å². The first-order valence-corrected chi connectivity index (χ1v) is 10.1. The monoisotopic (exact) mass is 360 g/mol. The van der Waals surface area contributed by atoms with Crippen molar-refractivity contribution in [3.8, 4) is 0 Å². The molecule has 1 aromatic carbocycles. The van der Waals surface area contributed by atoms with E-state index in [2.05, 4.69) is 46.1 Å². The molecule has 1 amide bonds. The SMILES string of the molecule is CSc1nnc(CCCNC(=O)CCc2ccccc2)n1CC(C)C. The summed E-state index contributed by atoms with van der Waals surface area (Å²) < 4.78 is 2.20. The highest BCUT2D eigenvalue weighted by Gasteiger charge is 2.12. The second-order valence-electron chi connectivity index (χ2n) is 6.55. The number of benzene rings is 1. The molecule has 0 aliphatic carbocycles. The molecule has 0 spiro atoms. The van der Waals surface area contributed by atoms with E-state index < -0.39 is 0 Å². The molecule has 1 N–H and O–H groups in total. The van der Waals surface area contributed by atoms with E-state index in [-0.39, 0.29) is 5.91 Å². The Morgan fingerprint density at radius 1 is 1.20 bits per heavy atom. The highest BCUT2D eigenvalue weighted by molar-refractivity contribution is 7.98. The minimum absolute atomic E-state index is 0.109. The van der Waals surface area contributed by atoms with Crippen LogP contribution < -0.4 is 5.32 Å². The quantitative estimate of drug-likeness (QED) is 0.521. The van der Waals surface area contributed by atoms with E-state index >= 15 is 0 Å². The maximum atomic E-state index is 11.9. The number of thioether (sulfide) groups is 1. The van der Waals surface area contributed by atoms with Gasteiger partial charge in [0.2, 0.25) is 5.91 Å². The molecular formula is C19H28N4OS. The number of aromatic nitrogens is 3. The van der Waals surface area contributed by atoms with Crippen molar-refractivity contribution in [2.75, 3.05) is 12.8 Å². The molecule has 0 aliphatic rings. The Balaban J connectivity index is 1.72. The van der Waals surface area contributed by atoms with Crippen molar-refractivity contribution in [2.45, 2.75) is 51.2 Å². The molecule has 1 heterocycles. The van der Waals surface area contributed by atoms with Crippen LogP contribution in [0, 0.1) is 5.92 Å². The first-order valence-electron chi connectivity index (χ1n) is 8.86. The summed E-state index contributed by atoms with van der Waals surface area (Å²) in [5.41, 5.74) is 1.20. The van der Waals surface area contributed by atoms with Crippen LogP contribution in [0.25, 0.3) is 0 Å². The molecule has 6 heteroatoms. The van der Waals surface area contributed by atoms with Gasteiger partial charge < -0.3 is 9.88 Å². The summed E-state index contributed by atoms with van der Waals surface area (Å²) in [6.45, 7) is 6.00. The van der Waals surface area contributed by atoms with E-state index in [4.69, 9.17) is 0 Å². The van der Waals surface area contributed by atoms with Crippen molar-refractivity contribution in [1.29, 1.82) is 0 Å². The summed E-state index contributed by atoms with van der Waals surface area (Å²) in [6.07, 6.45) is 5.05.